The number of thiol groups is 4. The van der Waals surface area contributed by atoms with Crippen molar-refractivity contribution in [3.8, 4) is 0 Å². The van der Waals surface area contributed by atoms with E-state index in [-0.39, 0.29) is 4.08 Å². The van der Waals surface area contributed by atoms with Gasteiger partial charge in [0.15, 0.2) is 0 Å². The number of rotatable bonds is 5. The zero-order valence-electron chi connectivity index (χ0n) is 7.56. The molecule has 0 bridgehead atoms. The van der Waals surface area contributed by atoms with Crippen molar-refractivity contribution in [2.24, 2.45) is 5.92 Å². The van der Waals surface area contributed by atoms with Crippen LogP contribution >= 0.6 is 50.5 Å². The molecule has 0 nitrogen and oxygen atoms in total. The Balaban J connectivity index is 3.99. The van der Waals surface area contributed by atoms with Crippen LogP contribution < -0.4 is 0 Å². The molecule has 0 radical (unpaired) electrons. The highest BCUT2D eigenvalue weighted by atomic mass is 32.2. The van der Waals surface area contributed by atoms with Crippen molar-refractivity contribution in [3.05, 3.63) is 0 Å². The Morgan fingerprint density at radius 1 is 1.25 bits per heavy atom. The van der Waals surface area contributed by atoms with Gasteiger partial charge in [-0.05, 0) is 24.5 Å². The molecule has 4 heteroatoms. The highest BCUT2D eigenvalue weighted by Crippen LogP contribution is 2.37. The molecule has 0 saturated carbocycles. The second-order valence-corrected chi connectivity index (χ2v) is 6.45. The second-order valence-electron chi connectivity index (χ2n) is 3.23. The maximum atomic E-state index is 4.54. The lowest BCUT2D eigenvalue weighted by atomic mass is 10.00. The molecule has 0 aromatic carbocycles. The van der Waals surface area contributed by atoms with Gasteiger partial charge in [0.25, 0.3) is 0 Å². The van der Waals surface area contributed by atoms with Crippen molar-refractivity contribution in [3.63, 3.8) is 0 Å². The predicted octanol–water partition coefficient (Wildman–Crippen LogP) is 3.21. The van der Waals surface area contributed by atoms with Gasteiger partial charge in [-0.2, -0.15) is 50.5 Å². The van der Waals surface area contributed by atoms with Crippen molar-refractivity contribution >= 4 is 50.5 Å². The fourth-order valence-corrected chi connectivity index (χ4v) is 2.36. The molecule has 74 valence electrons. The van der Waals surface area contributed by atoms with E-state index in [2.05, 4.69) is 64.4 Å². The van der Waals surface area contributed by atoms with E-state index in [1.807, 2.05) is 0 Å². The second kappa shape index (κ2) is 5.99. The molecule has 0 saturated heterocycles. The monoisotopic (exact) mass is 242 g/mol. The van der Waals surface area contributed by atoms with Crippen LogP contribution in [0.15, 0.2) is 0 Å². The lowest BCUT2D eigenvalue weighted by Crippen LogP contribution is -2.29. The smallest absolute Gasteiger partial charge is 0.0587 e. The molecule has 0 aromatic rings. The Labute approximate surface area is 97.9 Å². The Hall–Kier alpha value is 1.40. The van der Waals surface area contributed by atoms with Gasteiger partial charge in [0, 0.05) is 5.25 Å². The molecule has 0 aliphatic carbocycles. The normalized spacial score (nSPS) is 17.5. The summed E-state index contributed by atoms with van der Waals surface area (Å²) in [6.45, 7) is 4.21. The van der Waals surface area contributed by atoms with Crippen LogP contribution in [0.3, 0.4) is 0 Å². The van der Waals surface area contributed by atoms with E-state index in [9.17, 15) is 0 Å². The number of hydrogen-bond donors (Lipinski definition) is 4. The predicted molar refractivity (Wildman–Crippen MR) is 71.4 cm³/mol. The van der Waals surface area contributed by atoms with Gasteiger partial charge in [-0.1, -0.05) is 13.8 Å². The molecule has 0 rings (SSSR count). The fraction of sp³-hybridized carbons (Fsp3) is 1.00. The molecule has 0 amide bonds. The SMILES string of the molecule is CC(S)C(C)C(S)(S)CCCS. The summed E-state index contributed by atoms with van der Waals surface area (Å²) in [5.74, 6) is 1.30. The average molecular weight is 242 g/mol. The molecule has 0 N–H and O–H groups in total. The molecule has 2 unspecified atom stereocenters. The lowest BCUT2D eigenvalue weighted by molar-refractivity contribution is 0.494. The zero-order chi connectivity index (χ0) is 9.78. The quantitative estimate of drug-likeness (QED) is 0.413. The van der Waals surface area contributed by atoms with Crippen LogP contribution in [-0.4, -0.2) is 15.1 Å². The summed E-state index contributed by atoms with van der Waals surface area (Å²) < 4.78 is -0.204. The molecule has 0 heterocycles. The molecule has 0 spiro atoms. The largest absolute Gasteiger partial charge is 0.179 e. The third-order valence-corrected chi connectivity index (χ3v) is 4.18. The van der Waals surface area contributed by atoms with Crippen LogP contribution in [-0.2, 0) is 0 Å². The average Bonchev–Trinajstić information content (AvgIpc) is 1.99. The van der Waals surface area contributed by atoms with Crippen molar-refractivity contribution in [2.75, 3.05) is 5.75 Å². The summed E-state index contributed by atoms with van der Waals surface area (Å²) in [5.41, 5.74) is 0. The van der Waals surface area contributed by atoms with Gasteiger partial charge in [-0.3, -0.25) is 0 Å². The van der Waals surface area contributed by atoms with Crippen LogP contribution in [0.4, 0.5) is 0 Å². The van der Waals surface area contributed by atoms with E-state index in [1.165, 1.54) is 0 Å². The summed E-state index contributed by atoms with van der Waals surface area (Å²) in [5, 5.41) is 0.333. The molecule has 0 aliphatic rings. The van der Waals surface area contributed by atoms with Gasteiger partial charge >= 0.3 is 0 Å². The van der Waals surface area contributed by atoms with Crippen LogP contribution in [0.2, 0.25) is 0 Å². The highest BCUT2D eigenvalue weighted by Gasteiger charge is 2.29. The highest BCUT2D eigenvalue weighted by molar-refractivity contribution is 8.00. The molecular formula is C8H18S4. The van der Waals surface area contributed by atoms with Crippen LogP contribution in [0.5, 0.6) is 0 Å². The van der Waals surface area contributed by atoms with Crippen molar-refractivity contribution in [1.29, 1.82) is 0 Å². The maximum absolute atomic E-state index is 4.54. The molecule has 0 aromatic heterocycles. The topological polar surface area (TPSA) is 0 Å². The molecule has 2 atom stereocenters. The minimum Gasteiger partial charge on any atom is -0.179 e. The minimum atomic E-state index is -0.204. The Bertz CT molecular complexity index is 122. The third-order valence-electron chi connectivity index (χ3n) is 2.16. The summed E-state index contributed by atoms with van der Waals surface area (Å²) in [6, 6.07) is 0. The lowest BCUT2D eigenvalue weighted by Gasteiger charge is -2.32. The Morgan fingerprint density at radius 2 is 1.75 bits per heavy atom. The van der Waals surface area contributed by atoms with Gasteiger partial charge in [0.2, 0.25) is 0 Å². The minimum absolute atomic E-state index is 0.204. The van der Waals surface area contributed by atoms with E-state index in [1.54, 1.807) is 0 Å². The summed E-state index contributed by atoms with van der Waals surface area (Å²) in [7, 11) is 0. The van der Waals surface area contributed by atoms with E-state index < -0.39 is 0 Å². The van der Waals surface area contributed by atoms with Crippen molar-refractivity contribution in [2.45, 2.75) is 36.0 Å². The van der Waals surface area contributed by atoms with Crippen LogP contribution in [0.1, 0.15) is 26.7 Å². The van der Waals surface area contributed by atoms with Crippen LogP contribution in [0, 0.1) is 5.92 Å². The van der Waals surface area contributed by atoms with Gasteiger partial charge in [-0.15, -0.1) is 0 Å². The van der Waals surface area contributed by atoms with E-state index in [4.69, 9.17) is 0 Å². The number of hydrogen-bond acceptors (Lipinski definition) is 4. The van der Waals surface area contributed by atoms with Crippen molar-refractivity contribution in [1.82, 2.24) is 0 Å². The summed E-state index contributed by atoms with van der Waals surface area (Å²) >= 11 is 17.6. The maximum Gasteiger partial charge on any atom is 0.0587 e. The standard InChI is InChI=1S/C8H18S4/c1-6(7(2)10)8(11,12)4-3-5-9/h6-7,9-12H,3-5H2,1-2H3. The molecular weight excluding hydrogens is 224 g/mol. The van der Waals surface area contributed by atoms with Crippen LogP contribution in [0.25, 0.3) is 0 Å². The van der Waals surface area contributed by atoms with Gasteiger partial charge in [0.1, 0.15) is 0 Å². The summed E-state index contributed by atoms with van der Waals surface area (Å²) in [6.07, 6.45) is 2.04. The first-order chi connectivity index (χ1) is 5.41. The third kappa shape index (κ3) is 4.58. The summed E-state index contributed by atoms with van der Waals surface area (Å²) in [4.78, 5) is 0. The van der Waals surface area contributed by atoms with E-state index in [0.717, 1.165) is 18.6 Å². The van der Waals surface area contributed by atoms with E-state index >= 15 is 0 Å². The van der Waals surface area contributed by atoms with Gasteiger partial charge in [-0.25, -0.2) is 0 Å². The first-order valence-electron chi connectivity index (χ1n) is 4.15. The first-order valence-corrected chi connectivity index (χ1v) is 6.20. The molecule has 0 fully saturated rings. The molecule has 12 heavy (non-hydrogen) atoms. The fourth-order valence-electron chi connectivity index (χ4n) is 0.953. The first kappa shape index (κ1) is 13.4. The molecule has 0 aliphatic heterocycles. The van der Waals surface area contributed by atoms with E-state index in [0.29, 0.717) is 11.2 Å². The van der Waals surface area contributed by atoms with Gasteiger partial charge in [0.05, 0.1) is 4.08 Å². The zero-order valence-corrected chi connectivity index (χ0v) is 11.1. The Kier molecular flexibility index (Phi) is 6.69. The van der Waals surface area contributed by atoms with Gasteiger partial charge < -0.3 is 0 Å². The Morgan fingerprint density at radius 3 is 2.08 bits per heavy atom. The van der Waals surface area contributed by atoms with Crippen molar-refractivity contribution < 1.29 is 0 Å².